The molecule has 1 saturated heterocycles. The van der Waals surface area contributed by atoms with Gasteiger partial charge in [0.2, 0.25) is 10.0 Å². The Bertz CT molecular complexity index is 644. The van der Waals surface area contributed by atoms with Gasteiger partial charge in [-0.25, -0.2) is 12.8 Å². The van der Waals surface area contributed by atoms with Crippen LogP contribution >= 0.6 is 0 Å². The third kappa shape index (κ3) is 2.25. The van der Waals surface area contributed by atoms with E-state index >= 15 is 0 Å². The summed E-state index contributed by atoms with van der Waals surface area (Å²) in [5, 5.41) is 2.94. The van der Waals surface area contributed by atoms with E-state index in [-0.39, 0.29) is 17.1 Å². The van der Waals surface area contributed by atoms with Crippen molar-refractivity contribution in [3.05, 3.63) is 42.0 Å². The first-order chi connectivity index (χ1) is 8.66. The molecule has 3 N–H and O–H groups in total. The smallest absolute Gasteiger partial charge is 0.238 e. The van der Waals surface area contributed by atoms with Crippen LogP contribution in [-0.4, -0.2) is 25.5 Å². The number of halogens is 1. The van der Waals surface area contributed by atoms with Gasteiger partial charge >= 0.3 is 0 Å². The molecule has 0 saturated carbocycles. The van der Waals surface area contributed by atoms with Gasteiger partial charge in [-0.1, -0.05) is 6.58 Å². The summed E-state index contributed by atoms with van der Waals surface area (Å²) in [5.74, 6) is -0.567. The number of nitrogens with one attached hydrogen (secondary N) is 1. The predicted molar refractivity (Wildman–Crippen MR) is 72.0 cm³/mol. The average Bonchev–Trinajstić information content (AvgIpc) is 2.28. The van der Waals surface area contributed by atoms with Gasteiger partial charge in [0.1, 0.15) is 11.6 Å². The Balaban J connectivity index is 2.55. The van der Waals surface area contributed by atoms with Crippen molar-refractivity contribution in [2.75, 3.05) is 18.5 Å². The first kappa shape index (κ1) is 13.7. The summed E-state index contributed by atoms with van der Waals surface area (Å²) in [7, 11) is -2.13. The van der Waals surface area contributed by atoms with Crippen LogP contribution in [0.1, 0.15) is 12.5 Å². The SMILES string of the molecule is C=C1N[C@](C)(c2cc(N)ccc2F)CS(=O)(=O)N1C. The van der Waals surface area contributed by atoms with Crippen molar-refractivity contribution in [2.45, 2.75) is 12.5 Å². The highest BCUT2D eigenvalue weighted by atomic mass is 32.2. The van der Waals surface area contributed by atoms with Crippen LogP contribution in [0.4, 0.5) is 10.1 Å². The highest BCUT2D eigenvalue weighted by Gasteiger charge is 2.42. The van der Waals surface area contributed by atoms with Crippen molar-refractivity contribution in [1.82, 2.24) is 9.62 Å². The summed E-state index contributed by atoms with van der Waals surface area (Å²) in [6.07, 6.45) is 0. The summed E-state index contributed by atoms with van der Waals surface area (Å²) in [4.78, 5) is 0. The number of benzene rings is 1. The van der Waals surface area contributed by atoms with Crippen molar-refractivity contribution in [3.63, 3.8) is 0 Å². The molecule has 0 unspecified atom stereocenters. The third-order valence-corrected chi connectivity index (χ3v) is 5.27. The van der Waals surface area contributed by atoms with E-state index in [0.717, 1.165) is 4.31 Å². The molecule has 5 nitrogen and oxygen atoms in total. The van der Waals surface area contributed by atoms with Crippen LogP contribution in [0, 0.1) is 5.82 Å². The van der Waals surface area contributed by atoms with E-state index in [2.05, 4.69) is 11.9 Å². The van der Waals surface area contributed by atoms with Gasteiger partial charge in [0.25, 0.3) is 0 Å². The molecule has 7 heteroatoms. The Morgan fingerprint density at radius 1 is 1.53 bits per heavy atom. The maximum absolute atomic E-state index is 13.9. The van der Waals surface area contributed by atoms with Crippen LogP contribution in [0.2, 0.25) is 0 Å². The normalized spacial score (nSPS) is 26.1. The van der Waals surface area contributed by atoms with E-state index in [1.165, 1.54) is 25.2 Å². The summed E-state index contributed by atoms with van der Waals surface area (Å²) in [5.41, 5.74) is 5.14. The fraction of sp³-hybridized carbons (Fsp3) is 0.333. The molecule has 1 aromatic carbocycles. The summed E-state index contributed by atoms with van der Waals surface area (Å²) < 4.78 is 39.1. The molecule has 0 amide bonds. The van der Waals surface area contributed by atoms with E-state index in [1.807, 2.05) is 0 Å². The lowest BCUT2D eigenvalue weighted by Crippen LogP contribution is -2.56. The molecule has 19 heavy (non-hydrogen) atoms. The zero-order chi connectivity index (χ0) is 14.4. The zero-order valence-corrected chi connectivity index (χ0v) is 11.6. The molecule has 0 aromatic heterocycles. The maximum atomic E-state index is 13.9. The van der Waals surface area contributed by atoms with Crippen molar-refractivity contribution >= 4 is 15.7 Å². The lowest BCUT2D eigenvalue weighted by Gasteiger charge is -2.41. The van der Waals surface area contributed by atoms with Crippen LogP contribution in [0.15, 0.2) is 30.6 Å². The van der Waals surface area contributed by atoms with Crippen molar-refractivity contribution < 1.29 is 12.8 Å². The molecule has 0 spiro atoms. The fourth-order valence-electron chi connectivity index (χ4n) is 2.17. The van der Waals surface area contributed by atoms with Crippen LogP contribution in [-0.2, 0) is 15.6 Å². The molecule has 0 bridgehead atoms. The number of nitrogens with two attached hydrogens (primary N) is 1. The second-order valence-electron chi connectivity index (χ2n) is 4.87. The van der Waals surface area contributed by atoms with Crippen molar-refractivity contribution in [3.8, 4) is 0 Å². The van der Waals surface area contributed by atoms with Gasteiger partial charge in [-0.15, -0.1) is 0 Å². The standard InChI is InChI=1S/C12H16FN3O2S/c1-8-15-12(2,7-19(17,18)16(8)3)10-6-9(14)4-5-11(10)13/h4-6,15H,1,7,14H2,2-3H3/t12-/m0/s1. The van der Waals surface area contributed by atoms with Gasteiger partial charge in [0.15, 0.2) is 0 Å². The van der Waals surface area contributed by atoms with E-state index in [0.29, 0.717) is 5.69 Å². The number of hydrogen-bond donors (Lipinski definition) is 2. The Morgan fingerprint density at radius 3 is 2.74 bits per heavy atom. The minimum atomic E-state index is -3.53. The second kappa shape index (κ2) is 4.12. The number of nitrogens with zero attached hydrogens (tertiary/aromatic N) is 1. The molecular formula is C12H16FN3O2S. The number of hydrogen-bond acceptors (Lipinski definition) is 4. The Morgan fingerprint density at radius 2 is 2.16 bits per heavy atom. The van der Waals surface area contributed by atoms with Gasteiger partial charge < -0.3 is 11.1 Å². The van der Waals surface area contributed by atoms with Crippen molar-refractivity contribution in [1.29, 1.82) is 0 Å². The quantitative estimate of drug-likeness (QED) is 0.754. The number of rotatable bonds is 1. The molecule has 2 rings (SSSR count). The molecule has 1 aromatic rings. The van der Waals surface area contributed by atoms with Crippen LogP contribution in [0.5, 0.6) is 0 Å². The fourth-order valence-corrected chi connectivity index (χ4v) is 3.71. The lowest BCUT2D eigenvalue weighted by atomic mass is 9.93. The molecule has 0 aliphatic carbocycles. The number of anilines is 1. The van der Waals surface area contributed by atoms with Gasteiger partial charge in [-0.3, -0.25) is 4.31 Å². The zero-order valence-electron chi connectivity index (χ0n) is 10.8. The Kier molecular flexibility index (Phi) is 2.97. The van der Waals surface area contributed by atoms with Crippen molar-refractivity contribution in [2.24, 2.45) is 0 Å². The summed E-state index contributed by atoms with van der Waals surface area (Å²) in [6.45, 7) is 5.26. The highest BCUT2D eigenvalue weighted by molar-refractivity contribution is 7.89. The monoisotopic (exact) mass is 285 g/mol. The lowest BCUT2D eigenvalue weighted by molar-refractivity contribution is 0.347. The second-order valence-corrected chi connectivity index (χ2v) is 6.87. The molecule has 1 aliphatic rings. The minimum absolute atomic E-state index is 0.204. The van der Waals surface area contributed by atoms with E-state index in [9.17, 15) is 12.8 Å². The molecule has 1 aliphatic heterocycles. The van der Waals surface area contributed by atoms with E-state index < -0.39 is 21.4 Å². The van der Waals surface area contributed by atoms with E-state index in [1.54, 1.807) is 6.92 Å². The Hall–Kier alpha value is -1.76. The summed E-state index contributed by atoms with van der Waals surface area (Å²) in [6, 6.07) is 4.10. The molecule has 0 radical (unpaired) electrons. The average molecular weight is 285 g/mol. The number of sulfonamides is 1. The van der Waals surface area contributed by atoms with Crippen LogP contribution < -0.4 is 11.1 Å². The van der Waals surface area contributed by atoms with Crippen LogP contribution in [0.3, 0.4) is 0 Å². The van der Waals surface area contributed by atoms with Crippen LogP contribution in [0.25, 0.3) is 0 Å². The van der Waals surface area contributed by atoms with E-state index in [4.69, 9.17) is 5.73 Å². The molecule has 104 valence electrons. The van der Waals surface area contributed by atoms with Gasteiger partial charge in [0.05, 0.1) is 11.3 Å². The van der Waals surface area contributed by atoms with Gasteiger partial charge in [-0.2, -0.15) is 0 Å². The van der Waals surface area contributed by atoms with Gasteiger partial charge in [-0.05, 0) is 25.1 Å². The first-order valence-electron chi connectivity index (χ1n) is 5.65. The topological polar surface area (TPSA) is 75.4 Å². The maximum Gasteiger partial charge on any atom is 0.238 e. The third-order valence-electron chi connectivity index (χ3n) is 3.27. The highest BCUT2D eigenvalue weighted by Crippen LogP contribution is 2.32. The first-order valence-corrected chi connectivity index (χ1v) is 7.26. The predicted octanol–water partition coefficient (Wildman–Crippen LogP) is 0.959. The number of nitrogen functional groups attached to an aromatic ring is 1. The van der Waals surface area contributed by atoms with Gasteiger partial charge in [0, 0.05) is 18.3 Å². The largest absolute Gasteiger partial charge is 0.399 e. The molecule has 1 atom stereocenters. The Labute approximate surface area is 112 Å². The molecule has 1 fully saturated rings. The molecule has 1 heterocycles. The molecular weight excluding hydrogens is 269 g/mol. The minimum Gasteiger partial charge on any atom is -0.399 e. The summed E-state index contributed by atoms with van der Waals surface area (Å²) >= 11 is 0.